The van der Waals surface area contributed by atoms with Crippen LogP contribution in [0, 0.1) is 0 Å². The molecule has 2 unspecified atom stereocenters. The summed E-state index contributed by atoms with van der Waals surface area (Å²) in [6.45, 7) is 15.6. The zero-order chi connectivity index (χ0) is 15.3. The van der Waals surface area contributed by atoms with Crippen LogP contribution in [0.1, 0.15) is 66.2 Å². The van der Waals surface area contributed by atoms with Gasteiger partial charge in [0.25, 0.3) is 0 Å². The van der Waals surface area contributed by atoms with Crippen molar-refractivity contribution in [1.82, 2.24) is 15.1 Å². The Balaban J connectivity index is 1.83. The topological polar surface area (TPSA) is 18.5 Å². The SMILES string of the molecule is CCCC(CNC(C)(C)C)N1CCC(N2CCCCC2)C1. The van der Waals surface area contributed by atoms with Gasteiger partial charge < -0.3 is 5.32 Å². The Bertz CT molecular complexity index is 291. The van der Waals surface area contributed by atoms with E-state index in [0.717, 1.165) is 18.6 Å². The van der Waals surface area contributed by atoms with E-state index in [1.54, 1.807) is 0 Å². The van der Waals surface area contributed by atoms with Crippen molar-refractivity contribution in [2.75, 3.05) is 32.7 Å². The van der Waals surface area contributed by atoms with E-state index in [0.29, 0.717) is 0 Å². The third kappa shape index (κ3) is 5.54. The molecule has 124 valence electrons. The van der Waals surface area contributed by atoms with Gasteiger partial charge in [0.15, 0.2) is 0 Å². The van der Waals surface area contributed by atoms with Crippen LogP contribution in [-0.2, 0) is 0 Å². The first-order valence-electron chi connectivity index (χ1n) is 9.22. The summed E-state index contributed by atoms with van der Waals surface area (Å²) < 4.78 is 0. The van der Waals surface area contributed by atoms with Crippen molar-refractivity contribution in [1.29, 1.82) is 0 Å². The summed E-state index contributed by atoms with van der Waals surface area (Å²) in [5.74, 6) is 0. The molecule has 0 radical (unpaired) electrons. The lowest BCUT2D eigenvalue weighted by molar-refractivity contribution is 0.146. The molecule has 0 amide bonds. The number of nitrogens with zero attached hydrogens (tertiary/aromatic N) is 2. The van der Waals surface area contributed by atoms with Gasteiger partial charge >= 0.3 is 0 Å². The Morgan fingerprint density at radius 2 is 1.81 bits per heavy atom. The van der Waals surface area contributed by atoms with Crippen LogP contribution in [0.5, 0.6) is 0 Å². The fourth-order valence-corrected chi connectivity index (χ4v) is 3.85. The van der Waals surface area contributed by atoms with Crippen LogP contribution in [0.25, 0.3) is 0 Å². The standard InChI is InChI=1S/C18H37N3/c1-5-9-16(14-19-18(2,3)4)21-13-10-17(15-21)20-11-7-6-8-12-20/h16-17,19H,5-15H2,1-4H3. The maximum absolute atomic E-state index is 3.72. The van der Waals surface area contributed by atoms with Crippen LogP contribution in [-0.4, -0.2) is 60.1 Å². The number of hydrogen-bond acceptors (Lipinski definition) is 3. The Hall–Kier alpha value is -0.120. The van der Waals surface area contributed by atoms with Crippen molar-refractivity contribution in [3.05, 3.63) is 0 Å². The normalized spacial score (nSPS) is 27.1. The lowest BCUT2D eigenvalue weighted by atomic mass is 10.1. The van der Waals surface area contributed by atoms with E-state index in [2.05, 4.69) is 42.8 Å². The summed E-state index contributed by atoms with van der Waals surface area (Å²) in [6.07, 6.45) is 8.29. The summed E-state index contributed by atoms with van der Waals surface area (Å²) >= 11 is 0. The van der Waals surface area contributed by atoms with Crippen LogP contribution in [0.15, 0.2) is 0 Å². The average molecular weight is 296 g/mol. The molecule has 2 aliphatic rings. The van der Waals surface area contributed by atoms with Crippen LogP contribution < -0.4 is 5.32 Å². The lowest BCUT2D eigenvalue weighted by Gasteiger charge is -2.34. The van der Waals surface area contributed by atoms with Crippen molar-refractivity contribution in [2.24, 2.45) is 0 Å². The molecule has 2 atom stereocenters. The predicted octanol–water partition coefficient (Wildman–Crippen LogP) is 3.10. The summed E-state index contributed by atoms with van der Waals surface area (Å²) in [5.41, 5.74) is 0.234. The van der Waals surface area contributed by atoms with Gasteiger partial charge in [0.2, 0.25) is 0 Å². The summed E-state index contributed by atoms with van der Waals surface area (Å²) in [4.78, 5) is 5.53. The van der Waals surface area contributed by atoms with Crippen LogP contribution >= 0.6 is 0 Å². The van der Waals surface area contributed by atoms with Gasteiger partial charge in [0.1, 0.15) is 0 Å². The number of hydrogen-bond donors (Lipinski definition) is 1. The lowest BCUT2D eigenvalue weighted by Crippen LogP contribution is -2.48. The monoisotopic (exact) mass is 295 g/mol. The molecule has 2 fully saturated rings. The first-order valence-corrected chi connectivity index (χ1v) is 9.22. The van der Waals surface area contributed by atoms with Crippen molar-refractivity contribution in [3.63, 3.8) is 0 Å². The maximum Gasteiger partial charge on any atom is 0.0235 e. The van der Waals surface area contributed by atoms with Crippen molar-refractivity contribution in [3.8, 4) is 0 Å². The highest BCUT2D eigenvalue weighted by molar-refractivity contribution is 4.89. The van der Waals surface area contributed by atoms with E-state index in [1.807, 2.05) is 0 Å². The average Bonchev–Trinajstić information content (AvgIpc) is 2.93. The minimum absolute atomic E-state index is 0.234. The summed E-state index contributed by atoms with van der Waals surface area (Å²) in [6, 6.07) is 1.56. The Morgan fingerprint density at radius 3 is 2.43 bits per heavy atom. The van der Waals surface area contributed by atoms with Crippen molar-refractivity contribution >= 4 is 0 Å². The van der Waals surface area contributed by atoms with E-state index >= 15 is 0 Å². The highest BCUT2D eigenvalue weighted by atomic mass is 15.3. The quantitative estimate of drug-likeness (QED) is 0.812. The molecule has 0 aromatic rings. The van der Waals surface area contributed by atoms with Crippen LogP contribution in [0.2, 0.25) is 0 Å². The van der Waals surface area contributed by atoms with Gasteiger partial charge in [-0.25, -0.2) is 0 Å². The van der Waals surface area contributed by atoms with Crippen molar-refractivity contribution < 1.29 is 0 Å². The van der Waals surface area contributed by atoms with E-state index < -0.39 is 0 Å². The molecule has 0 bridgehead atoms. The molecule has 2 heterocycles. The second-order valence-corrected chi connectivity index (χ2v) is 8.11. The molecule has 3 nitrogen and oxygen atoms in total. The van der Waals surface area contributed by atoms with E-state index in [1.165, 1.54) is 64.7 Å². The molecule has 0 aliphatic carbocycles. The molecule has 2 aliphatic heterocycles. The van der Waals surface area contributed by atoms with Gasteiger partial charge in [-0.3, -0.25) is 9.80 Å². The molecule has 21 heavy (non-hydrogen) atoms. The van der Waals surface area contributed by atoms with E-state index in [-0.39, 0.29) is 5.54 Å². The molecule has 0 spiro atoms. The zero-order valence-electron chi connectivity index (χ0n) is 14.8. The largest absolute Gasteiger partial charge is 0.311 e. The molecule has 0 aromatic carbocycles. The molecule has 0 saturated carbocycles. The number of rotatable bonds is 6. The predicted molar refractivity (Wildman–Crippen MR) is 91.9 cm³/mol. The Kier molecular flexibility index (Phi) is 6.51. The minimum Gasteiger partial charge on any atom is -0.311 e. The first kappa shape index (κ1) is 17.2. The third-order valence-corrected chi connectivity index (χ3v) is 5.11. The highest BCUT2D eigenvalue weighted by Crippen LogP contribution is 2.23. The van der Waals surface area contributed by atoms with Gasteiger partial charge in [0, 0.05) is 37.3 Å². The van der Waals surface area contributed by atoms with Gasteiger partial charge in [-0.1, -0.05) is 19.8 Å². The number of nitrogens with one attached hydrogen (secondary N) is 1. The fraction of sp³-hybridized carbons (Fsp3) is 1.00. The van der Waals surface area contributed by atoms with Gasteiger partial charge in [-0.15, -0.1) is 0 Å². The minimum atomic E-state index is 0.234. The van der Waals surface area contributed by atoms with E-state index in [9.17, 15) is 0 Å². The fourth-order valence-electron chi connectivity index (χ4n) is 3.85. The van der Waals surface area contributed by atoms with Crippen LogP contribution in [0.4, 0.5) is 0 Å². The summed E-state index contributed by atoms with van der Waals surface area (Å²) in [7, 11) is 0. The Morgan fingerprint density at radius 1 is 1.10 bits per heavy atom. The molecule has 2 rings (SSSR count). The maximum atomic E-state index is 3.72. The van der Waals surface area contributed by atoms with Gasteiger partial charge in [-0.05, 0) is 59.5 Å². The molecule has 3 heteroatoms. The molecule has 0 aromatic heterocycles. The number of likely N-dealkylation sites (tertiary alicyclic amines) is 2. The van der Waals surface area contributed by atoms with Gasteiger partial charge in [-0.2, -0.15) is 0 Å². The molecular weight excluding hydrogens is 258 g/mol. The highest BCUT2D eigenvalue weighted by Gasteiger charge is 2.32. The van der Waals surface area contributed by atoms with E-state index in [4.69, 9.17) is 0 Å². The molecule has 1 N–H and O–H groups in total. The molecule has 2 saturated heterocycles. The van der Waals surface area contributed by atoms with Gasteiger partial charge in [0.05, 0.1) is 0 Å². The number of piperidine rings is 1. The smallest absolute Gasteiger partial charge is 0.0235 e. The first-order chi connectivity index (χ1) is 9.99. The second kappa shape index (κ2) is 7.94. The zero-order valence-corrected chi connectivity index (χ0v) is 14.8. The second-order valence-electron chi connectivity index (χ2n) is 8.11. The third-order valence-electron chi connectivity index (χ3n) is 5.11. The van der Waals surface area contributed by atoms with Crippen LogP contribution in [0.3, 0.4) is 0 Å². The molecular formula is C18H37N3. The Labute approximate surface area is 132 Å². The summed E-state index contributed by atoms with van der Waals surface area (Å²) in [5, 5.41) is 3.72. The van der Waals surface area contributed by atoms with Crippen molar-refractivity contribution in [2.45, 2.75) is 83.8 Å².